The molecule has 0 aliphatic carbocycles. The first kappa shape index (κ1) is 21.5. The van der Waals surface area contributed by atoms with Gasteiger partial charge in [-0.1, -0.05) is 45.1 Å². The molecule has 1 aliphatic rings. The van der Waals surface area contributed by atoms with E-state index in [1.165, 1.54) is 12.8 Å². The second kappa shape index (κ2) is 9.82. The SMILES string of the molecule is CC/C=C\CCC(C)C[C@@H](C/C=C\CC)B1OC(C)(C)C(C)(C)O1. The molecule has 0 radical (unpaired) electrons. The molecule has 1 aliphatic heterocycles. The third-order valence-electron chi connectivity index (χ3n) is 5.43. The highest BCUT2D eigenvalue weighted by atomic mass is 16.7. The Morgan fingerprint density at radius 1 is 0.875 bits per heavy atom. The van der Waals surface area contributed by atoms with Gasteiger partial charge < -0.3 is 9.31 Å². The fraction of sp³-hybridized carbons (Fsp3) is 0.810. The minimum absolute atomic E-state index is 0.0925. The molecule has 138 valence electrons. The van der Waals surface area contributed by atoms with Crippen LogP contribution >= 0.6 is 0 Å². The van der Waals surface area contributed by atoms with Gasteiger partial charge in [-0.3, -0.25) is 0 Å². The van der Waals surface area contributed by atoms with Crippen LogP contribution in [0.25, 0.3) is 0 Å². The van der Waals surface area contributed by atoms with Crippen molar-refractivity contribution in [2.75, 3.05) is 0 Å². The van der Waals surface area contributed by atoms with Crippen molar-refractivity contribution in [1.82, 2.24) is 0 Å². The monoisotopic (exact) mass is 334 g/mol. The molecule has 24 heavy (non-hydrogen) atoms. The molecule has 2 nitrogen and oxygen atoms in total. The molecule has 1 unspecified atom stereocenters. The summed E-state index contributed by atoms with van der Waals surface area (Å²) in [5.41, 5.74) is -0.477. The summed E-state index contributed by atoms with van der Waals surface area (Å²) in [6, 6.07) is 0. The average Bonchev–Trinajstić information content (AvgIpc) is 2.71. The Bertz CT molecular complexity index is 396. The Morgan fingerprint density at radius 3 is 1.96 bits per heavy atom. The molecule has 0 aromatic heterocycles. The molecule has 0 bridgehead atoms. The number of hydrogen-bond donors (Lipinski definition) is 0. The van der Waals surface area contributed by atoms with E-state index in [0.29, 0.717) is 11.7 Å². The molecule has 1 saturated heterocycles. The van der Waals surface area contributed by atoms with Crippen LogP contribution in [0.4, 0.5) is 0 Å². The van der Waals surface area contributed by atoms with Crippen molar-refractivity contribution in [2.24, 2.45) is 5.92 Å². The predicted molar refractivity (Wildman–Crippen MR) is 106 cm³/mol. The molecule has 2 atom stereocenters. The van der Waals surface area contributed by atoms with E-state index in [0.717, 1.165) is 25.7 Å². The first-order valence-electron chi connectivity index (χ1n) is 9.89. The standard InChI is InChI=1S/C21H39BO2/c1-8-10-12-14-15-18(3)17-19(16-13-11-9-2)22-23-20(4,5)21(6,7)24-22/h10-13,18-19H,8-9,14-17H2,1-7H3/b12-10-,13-11-/t18?,19-/m1/s1. The minimum atomic E-state index is -0.239. The van der Waals surface area contributed by atoms with Crippen LogP contribution in [0.15, 0.2) is 24.3 Å². The van der Waals surface area contributed by atoms with Crippen molar-refractivity contribution < 1.29 is 9.31 Å². The third kappa shape index (κ3) is 6.40. The second-order valence-electron chi connectivity index (χ2n) is 8.30. The molecule has 0 N–H and O–H groups in total. The average molecular weight is 334 g/mol. The highest BCUT2D eigenvalue weighted by molar-refractivity contribution is 6.47. The van der Waals surface area contributed by atoms with Crippen molar-refractivity contribution >= 4 is 7.12 Å². The van der Waals surface area contributed by atoms with Gasteiger partial charge in [-0.25, -0.2) is 0 Å². The van der Waals surface area contributed by atoms with Crippen LogP contribution in [0.5, 0.6) is 0 Å². The molecule has 3 heteroatoms. The fourth-order valence-electron chi connectivity index (χ4n) is 3.14. The molecule has 0 spiro atoms. The van der Waals surface area contributed by atoms with E-state index in [1.807, 2.05) is 0 Å². The molecular weight excluding hydrogens is 295 g/mol. The zero-order valence-corrected chi connectivity index (χ0v) is 17.1. The van der Waals surface area contributed by atoms with Gasteiger partial charge in [-0.15, -0.1) is 0 Å². The maximum absolute atomic E-state index is 6.33. The van der Waals surface area contributed by atoms with Gasteiger partial charge in [0.15, 0.2) is 0 Å². The maximum atomic E-state index is 6.33. The van der Waals surface area contributed by atoms with Gasteiger partial charge in [0.25, 0.3) is 0 Å². The Morgan fingerprint density at radius 2 is 1.42 bits per heavy atom. The van der Waals surface area contributed by atoms with Crippen molar-refractivity contribution in [2.45, 2.75) is 104 Å². The summed E-state index contributed by atoms with van der Waals surface area (Å²) in [7, 11) is -0.0925. The lowest BCUT2D eigenvalue weighted by Crippen LogP contribution is -2.41. The van der Waals surface area contributed by atoms with E-state index >= 15 is 0 Å². The topological polar surface area (TPSA) is 18.5 Å². The van der Waals surface area contributed by atoms with E-state index in [2.05, 4.69) is 72.8 Å². The van der Waals surface area contributed by atoms with Gasteiger partial charge >= 0.3 is 7.12 Å². The summed E-state index contributed by atoms with van der Waals surface area (Å²) in [4.78, 5) is 0. The first-order chi connectivity index (χ1) is 11.2. The lowest BCUT2D eigenvalue weighted by molar-refractivity contribution is 0.00578. The lowest BCUT2D eigenvalue weighted by Gasteiger charge is -2.32. The largest absolute Gasteiger partial charge is 0.461 e. The third-order valence-corrected chi connectivity index (χ3v) is 5.43. The molecule has 1 rings (SSSR count). The van der Waals surface area contributed by atoms with Gasteiger partial charge in [0.1, 0.15) is 0 Å². The van der Waals surface area contributed by atoms with E-state index in [9.17, 15) is 0 Å². The van der Waals surface area contributed by atoms with Crippen LogP contribution in [0.3, 0.4) is 0 Å². The van der Waals surface area contributed by atoms with E-state index in [-0.39, 0.29) is 18.3 Å². The van der Waals surface area contributed by atoms with Gasteiger partial charge in [0.2, 0.25) is 0 Å². The summed E-state index contributed by atoms with van der Waals surface area (Å²) in [6.07, 6.45) is 16.0. The van der Waals surface area contributed by atoms with E-state index in [1.54, 1.807) is 0 Å². The Balaban J connectivity index is 2.67. The lowest BCUT2D eigenvalue weighted by atomic mass is 9.65. The number of allylic oxidation sites excluding steroid dienone is 4. The van der Waals surface area contributed by atoms with Crippen LogP contribution in [0.1, 0.15) is 87.0 Å². The fourth-order valence-corrected chi connectivity index (χ4v) is 3.14. The van der Waals surface area contributed by atoms with Gasteiger partial charge in [0.05, 0.1) is 11.2 Å². The predicted octanol–water partition coefficient (Wildman–Crippen LogP) is 6.58. The molecule has 0 saturated carbocycles. The van der Waals surface area contributed by atoms with E-state index < -0.39 is 0 Å². The van der Waals surface area contributed by atoms with Crippen molar-refractivity contribution in [3.8, 4) is 0 Å². The van der Waals surface area contributed by atoms with Crippen LogP contribution in [-0.4, -0.2) is 18.3 Å². The summed E-state index contributed by atoms with van der Waals surface area (Å²) < 4.78 is 12.7. The molecule has 0 aromatic carbocycles. The Hall–Kier alpha value is -0.535. The summed E-state index contributed by atoms with van der Waals surface area (Å²) in [5, 5.41) is 0. The smallest absolute Gasteiger partial charge is 0.403 e. The molecule has 1 fully saturated rings. The van der Waals surface area contributed by atoms with Crippen molar-refractivity contribution in [3.05, 3.63) is 24.3 Å². The number of rotatable bonds is 10. The van der Waals surface area contributed by atoms with Gasteiger partial charge in [-0.2, -0.15) is 0 Å². The van der Waals surface area contributed by atoms with Gasteiger partial charge in [0, 0.05) is 0 Å². The highest BCUT2D eigenvalue weighted by Crippen LogP contribution is 2.42. The Kier molecular flexibility index (Phi) is 8.80. The Labute approximate surface area is 151 Å². The minimum Gasteiger partial charge on any atom is -0.403 e. The van der Waals surface area contributed by atoms with Gasteiger partial charge in [-0.05, 0) is 78.0 Å². The van der Waals surface area contributed by atoms with Crippen LogP contribution in [0, 0.1) is 5.92 Å². The molecular formula is C21H39BO2. The summed E-state index contributed by atoms with van der Waals surface area (Å²) in [5.74, 6) is 1.12. The second-order valence-corrected chi connectivity index (χ2v) is 8.30. The quantitative estimate of drug-likeness (QED) is 0.332. The molecule has 0 aromatic rings. The van der Waals surface area contributed by atoms with Crippen LogP contribution in [-0.2, 0) is 9.31 Å². The van der Waals surface area contributed by atoms with Crippen LogP contribution < -0.4 is 0 Å². The van der Waals surface area contributed by atoms with Crippen molar-refractivity contribution in [1.29, 1.82) is 0 Å². The summed E-state index contributed by atoms with van der Waals surface area (Å²) >= 11 is 0. The van der Waals surface area contributed by atoms with E-state index in [4.69, 9.17) is 9.31 Å². The maximum Gasteiger partial charge on any atom is 0.461 e. The van der Waals surface area contributed by atoms with Crippen LogP contribution in [0.2, 0.25) is 5.82 Å². The zero-order chi connectivity index (χ0) is 18.2. The number of hydrogen-bond acceptors (Lipinski definition) is 2. The summed E-state index contributed by atoms with van der Waals surface area (Å²) in [6.45, 7) is 15.3. The zero-order valence-electron chi connectivity index (χ0n) is 17.1. The van der Waals surface area contributed by atoms with Crippen molar-refractivity contribution in [3.63, 3.8) is 0 Å². The normalized spacial score (nSPS) is 22.5. The highest BCUT2D eigenvalue weighted by Gasteiger charge is 2.53. The molecule has 0 amide bonds. The molecule has 1 heterocycles. The first-order valence-corrected chi connectivity index (χ1v) is 9.89.